The molecule has 1 rings (SSSR count). The third kappa shape index (κ3) is 4.84. The molecular formula is C16H25N3O. The summed E-state index contributed by atoms with van der Waals surface area (Å²) in [6, 6.07) is 8.21. The summed E-state index contributed by atoms with van der Waals surface area (Å²) in [5.74, 6) is 0.616. The van der Waals surface area contributed by atoms with Crippen LogP contribution in [0.3, 0.4) is 0 Å². The normalized spacial score (nSPS) is 10.6. The first-order valence-electron chi connectivity index (χ1n) is 7.21. The smallest absolute Gasteiger partial charge is 0.101 e. The minimum atomic E-state index is 0.0937. The van der Waals surface area contributed by atoms with Crippen LogP contribution in [0, 0.1) is 17.2 Å². The highest BCUT2D eigenvalue weighted by Gasteiger charge is 2.10. The van der Waals surface area contributed by atoms with Gasteiger partial charge in [-0.15, -0.1) is 0 Å². The zero-order valence-corrected chi connectivity index (χ0v) is 12.7. The molecule has 0 aliphatic carbocycles. The molecule has 4 nitrogen and oxygen atoms in total. The van der Waals surface area contributed by atoms with Crippen molar-refractivity contribution in [1.29, 1.82) is 5.26 Å². The van der Waals surface area contributed by atoms with Gasteiger partial charge in [0.15, 0.2) is 0 Å². The number of aliphatic hydroxyl groups is 1. The molecule has 0 aromatic heterocycles. The summed E-state index contributed by atoms with van der Waals surface area (Å²) in [7, 11) is 0. The predicted molar refractivity (Wildman–Crippen MR) is 82.7 cm³/mol. The number of hydrogen-bond donors (Lipinski definition) is 2. The molecule has 2 N–H and O–H groups in total. The maximum atomic E-state index is 9.31. The van der Waals surface area contributed by atoms with E-state index in [0.29, 0.717) is 18.0 Å². The highest BCUT2D eigenvalue weighted by Crippen LogP contribution is 2.21. The van der Waals surface area contributed by atoms with E-state index in [4.69, 9.17) is 5.11 Å². The molecule has 0 atom stereocenters. The van der Waals surface area contributed by atoms with Crippen molar-refractivity contribution in [2.24, 2.45) is 5.92 Å². The van der Waals surface area contributed by atoms with Gasteiger partial charge < -0.3 is 15.3 Å². The van der Waals surface area contributed by atoms with Gasteiger partial charge in [0.1, 0.15) is 6.07 Å². The van der Waals surface area contributed by atoms with Gasteiger partial charge in [-0.05, 0) is 37.1 Å². The van der Waals surface area contributed by atoms with Gasteiger partial charge in [-0.2, -0.15) is 5.26 Å². The Bertz CT molecular complexity index is 452. The number of nitriles is 1. The highest BCUT2D eigenvalue weighted by atomic mass is 16.3. The van der Waals surface area contributed by atoms with Gasteiger partial charge in [-0.25, -0.2) is 0 Å². The first-order chi connectivity index (χ1) is 9.62. The Hall–Kier alpha value is -1.57. The summed E-state index contributed by atoms with van der Waals surface area (Å²) in [4.78, 5) is 2.02. The van der Waals surface area contributed by atoms with Gasteiger partial charge in [0.25, 0.3) is 0 Å². The Labute approximate surface area is 122 Å². The molecule has 0 unspecified atom stereocenters. The second-order valence-electron chi connectivity index (χ2n) is 5.29. The fraction of sp³-hybridized carbons (Fsp3) is 0.562. The SMILES string of the molecule is CCN(CCO)c1ccc(CNCC(C)C)cc1C#N. The van der Waals surface area contributed by atoms with E-state index in [1.54, 1.807) is 0 Å². The maximum absolute atomic E-state index is 9.31. The average Bonchev–Trinajstić information content (AvgIpc) is 2.44. The topological polar surface area (TPSA) is 59.3 Å². The van der Waals surface area contributed by atoms with Crippen LogP contribution in [0.25, 0.3) is 0 Å². The molecule has 0 aliphatic heterocycles. The zero-order chi connectivity index (χ0) is 15.0. The second kappa shape index (κ2) is 8.57. The Morgan fingerprint density at radius 3 is 2.70 bits per heavy atom. The summed E-state index contributed by atoms with van der Waals surface area (Å²) < 4.78 is 0. The first kappa shape index (κ1) is 16.5. The quantitative estimate of drug-likeness (QED) is 0.763. The van der Waals surface area contributed by atoms with E-state index >= 15 is 0 Å². The molecule has 0 amide bonds. The lowest BCUT2D eigenvalue weighted by atomic mass is 10.1. The largest absolute Gasteiger partial charge is 0.395 e. The highest BCUT2D eigenvalue weighted by molar-refractivity contribution is 5.60. The van der Waals surface area contributed by atoms with Gasteiger partial charge in [-0.3, -0.25) is 0 Å². The Balaban J connectivity index is 2.82. The molecule has 4 heteroatoms. The fourth-order valence-corrected chi connectivity index (χ4v) is 2.13. The Morgan fingerprint density at radius 2 is 2.15 bits per heavy atom. The number of hydrogen-bond acceptors (Lipinski definition) is 4. The summed E-state index contributed by atoms with van der Waals surface area (Å²) >= 11 is 0. The molecule has 0 heterocycles. The number of anilines is 1. The van der Waals surface area contributed by atoms with E-state index in [0.717, 1.165) is 30.9 Å². The molecule has 0 fully saturated rings. The Morgan fingerprint density at radius 1 is 1.40 bits per heavy atom. The van der Waals surface area contributed by atoms with Gasteiger partial charge in [0.05, 0.1) is 17.9 Å². The molecule has 20 heavy (non-hydrogen) atoms. The third-order valence-electron chi connectivity index (χ3n) is 3.16. The number of benzene rings is 1. The first-order valence-corrected chi connectivity index (χ1v) is 7.21. The van der Waals surface area contributed by atoms with Crippen molar-refractivity contribution in [2.75, 3.05) is 31.1 Å². The van der Waals surface area contributed by atoms with Crippen LogP contribution in [-0.2, 0) is 6.54 Å². The van der Waals surface area contributed by atoms with Crippen molar-refractivity contribution in [1.82, 2.24) is 5.32 Å². The van der Waals surface area contributed by atoms with Crippen LogP contribution in [0.5, 0.6) is 0 Å². The zero-order valence-electron chi connectivity index (χ0n) is 12.7. The minimum absolute atomic E-state index is 0.0937. The number of likely N-dealkylation sites (N-methyl/N-ethyl adjacent to an activating group) is 1. The number of rotatable bonds is 8. The van der Waals surface area contributed by atoms with Crippen LogP contribution in [0.1, 0.15) is 31.9 Å². The molecule has 0 saturated carbocycles. The van der Waals surface area contributed by atoms with E-state index < -0.39 is 0 Å². The van der Waals surface area contributed by atoms with E-state index in [1.807, 2.05) is 30.0 Å². The lowest BCUT2D eigenvalue weighted by Gasteiger charge is -2.23. The summed E-state index contributed by atoms with van der Waals surface area (Å²) in [6.07, 6.45) is 0. The van der Waals surface area contributed by atoms with Crippen LogP contribution in [0.2, 0.25) is 0 Å². The van der Waals surface area contributed by atoms with Crippen molar-refractivity contribution in [3.05, 3.63) is 29.3 Å². The molecular weight excluding hydrogens is 250 g/mol. The maximum Gasteiger partial charge on any atom is 0.101 e. The van der Waals surface area contributed by atoms with Gasteiger partial charge in [0, 0.05) is 19.6 Å². The molecule has 0 bridgehead atoms. The van der Waals surface area contributed by atoms with Crippen LogP contribution < -0.4 is 10.2 Å². The molecule has 0 aliphatic rings. The molecule has 1 aromatic rings. The van der Waals surface area contributed by atoms with Gasteiger partial charge in [-0.1, -0.05) is 19.9 Å². The van der Waals surface area contributed by atoms with Gasteiger partial charge >= 0.3 is 0 Å². The predicted octanol–water partition coefficient (Wildman–Crippen LogP) is 2.12. The van der Waals surface area contributed by atoms with Crippen molar-refractivity contribution in [3.63, 3.8) is 0 Å². The average molecular weight is 275 g/mol. The minimum Gasteiger partial charge on any atom is -0.395 e. The van der Waals surface area contributed by atoms with Crippen molar-refractivity contribution < 1.29 is 5.11 Å². The number of aliphatic hydroxyl groups excluding tert-OH is 1. The lowest BCUT2D eigenvalue weighted by Crippen LogP contribution is -2.27. The Kier molecular flexibility index (Phi) is 7.06. The molecule has 110 valence electrons. The van der Waals surface area contributed by atoms with Crippen LogP contribution in [0.15, 0.2) is 18.2 Å². The summed E-state index contributed by atoms with van der Waals surface area (Å²) in [5.41, 5.74) is 2.69. The lowest BCUT2D eigenvalue weighted by molar-refractivity contribution is 0.302. The fourth-order valence-electron chi connectivity index (χ4n) is 2.13. The standard InChI is InChI=1S/C16H25N3O/c1-4-19(7-8-20)16-6-5-14(9-15(16)10-17)12-18-11-13(2)3/h5-6,9,13,18,20H,4,7-8,11-12H2,1-3H3. The molecule has 0 spiro atoms. The third-order valence-corrected chi connectivity index (χ3v) is 3.16. The number of nitrogens with one attached hydrogen (secondary N) is 1. The molecule has 1 aromatic carbocycles. The van der Waals surface area contributed by atoms with E-state index in [1.165, 1.54) is 0 Å². The number of nitrogens with zero attached hydrogens (tertiary/aromatic N) is 2. The van der Waals surface area contributed by atoms with E-state index in [2.05, 4.69) is 25.2 Å². The van der Waals surface area contributed by atoms with E-state index in [9.17, 15) is 5.26 Å². The van der Waals surface area contributed by atoms with E-state index in [-0.39, 0.29) is 6.61 Å². The second-order valence-corrected chi connectivity index (χ2v) is 5.29. The monoisotopic (exact) mass is 275 g/mol. The summed E-state index contributed by atoms with van der Waals surface area (Å²) in [6.45, 7) is 9.53. The van der Waals surface area contributed by atoms with Crippen molar-refractivity contribution in [3.8, 4) is 6.07 Å². The van der Waals surface area contributed by atoms with Crippen LogP contribution >= 0.6 is 0 Å². The summed E-state index contributed by atoms with van der Waals surface area (Å²) in [5, 5.41) is 21.8. The van der Waals surface area contributed by atoms with Gasteiger partial charge in [0.2, 0.25) is 0 Å². The van der Waals surface area contributed by atoms with Crippen molar-refractivity contribution in [2.45, 2.75) is 27.3 Å². The van der Waals surface area contributed by atoms with Crippen molar-refractivity contribution >= 4 is 5.69 Å². The van der Waals surface area contributed by atoms with Crippen LogP contribution in [-0.4, -0.2) is 31.3 Å². The molecule has 0 radical (unpaired) electrons. The van der Waals surface area contributed by atoms with Crippen LogP contribution in [0.4, 0.5) is 5.69 Å². The molecule has 0 saturated heterocycles.